The second kappa shape index (κ2) is 9.70. The number of hydroxylamine groups is 2. The number of benzene rings is 2. The summed E-state index contributed by atoms with van der Waals surface area (Å²) in [6, 6.07) is 17.1. The van der Waals surface area contributed by atoms with Crippen molar-refractivity contribution in [3.63, 3.8) is 0 Å². The minimum atomic E-state index is -3.73. The van der Waals surface area contributed by atoms with Gasteiger partial charge in [0.05, 0.1) is 4.90 Å². The number of rotatable bonds is 10. The van der Waals surface area contributed by atoms with Gasteiger partial charge in [-0.2, -0.15) is 17.8 Å². The Kier molecular flexibility index (Phi) is 7.62. The molecular formula is C20H27NO3S. The second-order valence-corrected chi connectivity index (χ2v) is 7.87. The molecular weight excluding hydrogens is 334 g/mol. The monoisotopic (exact) mass is 361 g/mol. The Balaban J connectivity index is 1.65. The third-order valence-corrected chi connectivity index (χ3v) is 5.37. The van der Waals surface area contributed by atoms with E-state index in [0.29, 0.717) is 6.54 Å². The fourth-order valence-corrected chi connectivity index (χ4v) is 3.58. The van der Waals surface area contributed by atoms with Crippen LogP contribution in [0, 0.1) is 6.92 Å². The van der Waals surface area contributed by atoms with Gasteiger partial charge in [0, 0.05) is 13.6 Å². The number of hydrogen-bond donors (Lipinski definition) is 0. The van der Waals surface area contributed by atoms with Crippen molar-refractivity contribution in [3.05, 3.63) is 65.7 Å². The van der Waals surface area contributed by atoms with E-state index in [1.54, 1.807) is 31.3 Å². The van der Waals surface area contributed by atoms with E-state index >= 15 is 0 Å². The van der Waals surface area contributed by atoms with Gasteiger partial charge < -0.3 is 0 Å². The van der Waals surface area contributed by atoms with Crippen LogP contribution in [0.2, 0.25) is 0 Å². The van der Waals surface area contributed by atoms with E-state index in [4.69, 9.17) is 4.28 Å². The van der Waals surface area contributed by atoms with Crippen LogP contribution in [0.1, 0.15) is 36.8 Å². The molecule has 2 aromatic carbocycles. The first-order chi connectivity index (χ1) is 12.0. The maximum absolute atomic E-state index is 12.2. The van der Waals surface area contributed by atoms with Crippen molar-refractivity contribution in [1.29, 1.82) is 0 Å². The Bertz CT molecular complexity index is 727. The van der Waals surface area contributed by atoms with E-state index in [1.165, 1.54) is 10.6 Å². The molecule has 25 heavy (non-hydrogen) atoms. The van der Waals surface area contributed by atoms with Gasteiger partial charge in [0.15, 0.2) is 0 Å². The van der Waals surface area contributed by atoms with Gasteiger partial charge in [0.25, 0.3) is 0 Å². The Morgan fingerprint density at radius 2 is 1.52 bits per heavy atom. The van der Waals surface area contributed by atoms with Crippen LogP contribution in [0.25, 0.3) is 0 Å². The summed E-state index contributed by atoms with van der Waals surface area (Å²) in [6.07, 6.45) is 5.35. The van der Waals surface area contributed by atoms with Crippen LogP contribution in [0.3, 0.4) is 0 Å². The van der Waals surface area contributed by atoms with E-state index in [0.717, 1.165) is 37.7 Å². The molecule has 0 fully saturated rings. The molecule has 0 amide bonds. The molecule has 0 atom stereocenters. The van der Waals surface area contributed by atoms with E-state index < -0.39 is 10.1 Å². The summed E-state index contributed by atoms with van der Waals surface area (Å²) in [5, 5.41) is 1.41. The molecule has 0 aliphatic carbocycles. The average Bonchev–Trinajstić information content (AvgIpc) is 2.59. The molecule has 0 saturated heterocycles. The molecule has 136 valence electrons. The largest absolute Gasteiger partial charge is 0.313 e. The van der Waals surface area contributed by atoms with Crippen LogP contribution >= 0.6 is 0 Å². The van der Waals surface area contributed by atoms with Gasteiger partial charge in [-0.05, 0) is 43.9 Å². The highest BCUT2D eigenvalue weighted by molar-refractivity contribution is 7.86. The van der Waals surface area contributed by atoms with Crippen LogP contribution in [-0.2, 0) is 20.8 Å². The molecule has 0 aromatic heterocycles. The molecule has 0 unspecified atom stereocenters. The van der Waals surface area contributed by atoms with E-state index in [9.17, 15) is 8.42 Å². The lowest BCUT2D eigenvalue weighted by Gasteiger charge is -2.16. The summed E-state index contributed by atoms with van der Waals surface area (Å²) in [7, 11) is -2.07. The standard InChI is InChI=1S/C20H27NO3S/c1-18-13-15-20(16-14-18)25(22,23)24-21(2)17-9-4-3-6-10-19-11-7-5-8-12-19/h5,7-8,11-16H,3-4,6,9-10,17H2,1-2H3. The third kappa shape index (κ3) is 6.98. The summed E-state index contributed by atoms with van der Waals surface area (Å²) in [4.78, 5) is 0.188. The maximum atomic E-state index is 12.2. The van der Waals surface area contributed by atoms with Crippen LogP contribution in [-0.4, -0.2) is 27.1 Å². The first kappa shape index (κ1) is 19.6. The average molecular weight is 362 g/mol. The molecule has 0 aliphatic rings. The van der Waals surface area contributed by atoms with Crippen molar-refractivity contribution in [2.75, 3.05) is 13.6 Å². The predicted octanol–water partition coefficient (Wildman–Crippen LogP) is 4.35. The van der Waals surface area contributed by atoms with Gasteiger partial charge >= 0.3 is 10.1 Å². The summed E-state index contributed by atoms with van der Waals surface area (Å²) >= 11 is 0. The highest BCUT2D eigenvalue weighted by atomic mass is 32.2. The van der Waals surface area contributed by atoms with Crippen LogP contribution in [0.5, 0.6) is 0 Å². The van der Waals surface area contributed by atoms with Gasteiger partial charge in [-0.1, -0.05) is 60.9 Å². The lowest BCUT2D eigenvalue weighted by Crippen LogP contribution is -2.24. The van der Waals surface area contributed by atoms with E-state index in [-0.39, 0.29) is 4.90 Å². The minimum absolute atomic E-state index is 0.188. The summed E-state index contributed by atoms with van der Waals surface area (Å²) < 4.78 is 29.5. The molecule has 0 aliphatic heterocycles. The molecule has 0 saturated carbocycles. The molecule has 0 heterocycles. The predicted molar refractivity (Wildman–Crippen MR) is 101 cm³/mol. The Morgan fingerprint density at radius 3 is 2.20 bits per heavy atom. The molecule has 5 heteroatoms. The van der Waals surface area contributed by atoms with E-state index in [2.05, 4.69) is 24.3 Å². The van der Waals surface area contributed by atoms with E-state index in [1.807, 2.05) is 13.0 Å². The lowest BCUT2D eigenvalue weighted by atomic mass is 10.1. The van der Waals surface area contributed by atoms with Crippen molar-refractivity contribution in [2.24, 2.45) is 0 Å². The topological polar surface area (TPSA) is 46.6 Å². The smallest absolute Gasteiger partial charge is 0.192 e. The zero-order valence-corrected chi connectivity index (χ0v) is 15.8. The fourth-order valence-electron chi connectivity index (χ4n) is 2.61. The van der Waals surface area contributed by atoms with Crippen molar-refractivity contribution in [3.8, 4) is 0 Å². The van der Waals surface area contributed by atoms with Gasteiger partial charge in [0.2, 0.25) is 0 Å². The molecule has 0 radical (unpaired) electrons. The van der Waals surface area contributed by atoms with Gasteiger partial charge in [-0.15, -0.1) is 0 Å². The summed E-state index contributed by atoms with van der Waals surface area (Å²) in [5.41, 5.74) is 2.38. The quantitative estimate of drug-likeness (QED) is 0.466. The fraction of sp³-hybridized carbons (Fsp3) is 0.400. The van der Waals surface area contributed by atoms with Crippen molar-refractivity contribution in [1.82, 2.24) is 5.06 Å². The number of unbranched alkanes of at least 4 members (excludes halogenated alkanes) is 3. The van der Waals surface area contributed by atoms with Gasteiger partial charge in [-0.3, -0.25) is 0 Å². The van der Waals surface area contributed by atoms with Crippen molar-refractivity contribution in [2.45, 2.75) is 43.9 Å². The van der Waals surface area contributed by atoms with Crippen LogP contribution in [0.15, 0.2) is 59.5 Å². The highest BCUT2D eigenvalue weighted by Gasteiger charge is 2.17. The lowest BCUT2D eigenvalue weighted by molar-refractivity contribution is -0.0251. The SMILES string of the molecule is Cc1ccc(S(=O)(=O)ON(C)CCCCCCc2ccccc2)cc1. The van der Waals surface area contributed by atoms with Gasteiger partial charge in [0.1, 0.15) is 0 Å². The Labute approximate surface area is 151 Å². The Hall–Kier alpha value is -1.69. The van der Waals surface area contributed by atoms with Crippen LogP contribution < -0.4 is 0 Å². The van der Waals surface area contributed by atoms with Gasteiger partial charge in [-0.25, -0.2) is 0 Å². The van der Waals surface area contributed by atoms with Crippen LogP contribution in [0.4, 0.5) is 0 Å². The highest BCUT2D eigenvalue weighted by Crippen LogP contribution is 2.15. The third-order valence-electron chi connectivity index (χ3n) is 4.07. The first-order valence-corrected chi connectivity index (χ1v) is 10.1. The summed E-state index contributed by atoms with van der Waals surface area (Å²) in [6.45, 7) is 2.51. The number of aryl methyl sites for hydroxylation is 2. The van der Waals surface area contributed by atoms with Crippen molar-refractivity contribution < 1.29 is 12.7 Å². The zero-order valence-electron chi connectivity index (χ0n) is 15.0. The summed E-state index contributed by atoms with van der Waals surface area (Å²) in [5.74, 6) is 0. The minimum Gasteiger partial charge on any atom is -0.192 e. The molecule has 4 nitrogen and oxygen atoms in total. The Morgan fingerprint density at radius 1 is 0.880 bits per heavy atom. The molecule has 0 spiro atoms. The molecule has 2 rings (SSSR count). The molecule has 2 aromatic rings. The second-order valence-electron chi connectivity index (χ2n) is 6.34. The normalized spacial score (nSPS) is 11.8. The molecule has 0 N–H and O–H groups in total. The zero-order chi connectivity index (χ0) is 18.1. The number of hydrogen-bond acceptors (Lipinski definition) is 4. The maximum Gasteiger partial charge on any atom is 0.313 e. The first-order valence-electron chi connectivity index (χ1n) is 8.74. The number of nitrogens with zero attached hydrogens (tertiary/aromatic N) is 1. The molecule has 0 bridgehead atoms. The van der Waals surface area contributed by atoms with Crippen molar-refractivity contribution >= 4 is 10.1 Å².